The molecule has 69 heavy (non-hydrogen) atoms. The number of piperidine rings is 2. The van der Waals surface area contributed by atoms with E-state index >= 15 is 0 Å². The first-order valence-electron chi connectivity index (χ1n) is 21.8. The van der Waals surface area contributed by atoms with Crippen molar-refractivity contribution in [3.05, 3.63) is 134 Å². The van der Waals surface area contributed by atoms with Gasteiger partial charge in [-0.2, -0.15) is 21.8 Å². The van der Waals surface area contributed by atoms with Crippen molar-refractivity contribution >= 4 is 87.6 Å². The van der Waals surface area contributed by atoms with E-state index in [1.54, 1.807) is 71.0 Å². The number of hydrogen-bond acceptors (Lipinski definition) is 12. The monoisotopic (exact) mass is 1090 g/mol. The topological polar surface area (TPSA) is 191 Å². The van der Waals surface area contributed by atoms with E-state index in [-0.39, 0.29) is 48.2 Å². The molecule has 3 aromatic carbocycles. The first-order chi connectivity index (χ1) is 32.7. The minimum Gasteiger partial charge on any atom is -0.347 e. The summed E-state index contributed by atoms with van der Waals surface area (Å²) in [6.45, 7) is 5.47. The molecule has 0 radical (unpaired) electrons. The van der Waals surface area contributed by atoms with Gasteiger partial charge in [0.05, 0.1) is 18.0 Å². The molecule has 0 bridgehead atoms. The fourth-order valence-corrected chi connectivity index (χ4v) is 14.2. The van der Waals surface area contributed by atoms with Crippen molar-refractivity contribution in [3.63, 3.8) is 0 Å². The number of hydrogen-bond donors (Lipinski definition) is 4. The van der Waals surface area contributed by atoms with Crippen LogP contribution in [0.2, 0.25) is 10.0 Å². The fraction of sp³-hybridized carbons (Fsp3) is 0.378. The lowest BCUT2D eigenvalue weighted by Gasteiger charge is -2.31. The van der Waals surface area contributed by atoms with Gasteiger partial charge in [-0.25, -0.2) is 25.3 Å². The van der Waals surface area contributed by atoms with E-state index in [0.29, 0.717) is 74.3 Å². The number of benzene rings is 3. The molecule has 2 amide bonds. The van der Waals surface area contributed by atoms with Gasteiger partial charge in [-0.1, -0.05) is 42.3 Å². The third kappa shape index (κ3) is 14.6. The van der Waals surface area contributed by atoms with Crippen LogP contribution in [0.5, 0.6) is 0 Å². The van der Waals surface area contributed by atoms with Crippen molar-refractivity contribution in [3.8, 4) is 0 Å². The zero-order chi connectivity index (χ0) is 50.0. The summed E-state index contributed by atoms with van der Waals surface area (Å²) in [5.74, 6) is -0.521. The van der Waals surface area contributed by atoms with Crippen molar-refractivity contribution in [2.24, 2.45) is 0 Å². The molecule has 0 unspecified atom stereocenters. The van der Waals surface area contributed by atoms with Crippen molar-refractivity contribution in [1.29, 1.82) is 0 Å². The summed E-state index contributed by atoms with van der Waals surface area (Å²) in [6.07, 6.45) is 3.78. The predicted molar refractivity (Wildman–Crippen MR) is 262 cm³/mol. The SMILES string of the molecule is CCCNC1CCN(S(=O)(=O)c2ccc(CNC(=O)c3ccc(Cl)cc3)s2)CC1.O=C(NCc1ccc(S(=O)(=O)N2CCC(NCc3ccc(S(=O)(=O)C(F)(F)F)cc3)CC2)s1)c1ccc(Cl)cc1. The number of halogens is 5. The Kier molecular flexibility index (Phi) is 18.9. The summed E-state index contributed by atoms with van der Waals surface area (Å²) in [5.41, 5.74) is -3.81. The minimum absolute atomic E-state index is 0.0213. The molecule has 14 nitrogen and oxygen atoms in total. The summed E-state index contributed by atoms with van der Waals surface area (Å²) >= 11 is 14.0. The highest BCUT2D eigenvalue weighted by molar-refractivity contribution is 7.92. The number of thiophene rings is 2. The molecule has 24 heteroatoms. The number of sulfone groups is 1. The van der Waals surface area contributed by atoms with Gasteiger partial charge in [-0.15, -0.1) is 22.7 Å². The second-order valence-corrected chi connectivity index (χ2v) is 25.6. The van der Waals surface area contributed by atoms with Gasteiger partial charge in [-0.05, 0) is 129 Å². The van der Waals surface area contributed by atoms with Crippen molar-refractivity contribution in [2.45, 2.75) is 89.6 Å². The fourth-order valence-electron chi connectivity index (χ4n) is 7.31. The second-order valence-electron chi connectivity index (χ2n) is 16.1. The Balaban J connectivity index is 0.000000239. The average Bonchev–Trinajstić information content (AvgIpc) is 4.04. The lowest BCUT2D eigenvalue weighted by atomic mass is 10.1. The summed E-state index contributed by atoms with van der Waals surface area (Å²) in [4.78, 5) is 25.2. The second kappa shape index (κ2) is 24.0. The predicted octanol–water partition coefficient (Wildman–Crippen LogP) is 8.05. The highest BCUT2D eigenvalue weighted by atomic mass is 35.5. The van der Waals surface area contributed by atoms with Gasteiger partial charge in [0.25, 0.3) is 41.7 Å². The van der Waals surface area contributed by atoms with Gasteiger partial charge in [0, 0.05) is 75.7 Å². The first kappa shape index (κ1) is 54.4. The van der Waals surface area contributed by atoms with Crippen LogP contribution in [-0.4, -0.2) is 96.0 Å². The third-order valence-corrected chi connectivity index (χ3v) is 20.2. The lowest BCUT2D eigenvalue weighted by molar-refractivity contribution is -0.0436. The Hall–Kier alpha value is -3.94. The molecule has 2 aliphatic heterocycles. The number of sulfonamides is 2. The number of rotatable bonds is 17. The van der Waals surface area contributed by atoms with Gasteiger partial charge in [0.1, 0.15) is 8.42 Å². The lowest BCUT2D eigenvalue weighted by Crippen LogP contribution is -2.44. The molecular formula is C45H51Cl2F3N6O8S5. The number of alkyl halides is 3. The van der Waals surface area contributed by atoms with Crippen LogP contribution in [0.1, 0.15) is 75.1 Å². The first-order valence-corrected chi connectivity index (χ1v) is 28.5. The molecular weight excluding hydrogens is 1040 g/mol. The number of carbonyl (C=O) groups is 2. The molecule has 2 aliphatic rings. The molecule has 2 aromatic heterocycles. The summed E-state index contributed by atoms with van der Waals surface area (Å²) in [5, 5.41) is 13.4. The molecule has 0 atom stereocenters. The Morgan fingerprint density at radius 1 is 0.594 bits per heavy atom. The zero-order valence-corrected chi connectivity index (χ0v) is 42.8. The van der Waals surface area contributed by atoms with E-state index in [1.807, 2.05) is 0 Å². The molecule has 4 heterocycles. The van der Waals surface area contributed by atoms with E-state index in [9.17, 15) is 48.0 Å². The Morgan fingerprint density at radius 3 is 1.39 bits per heavy atom. The quantitative estimate of drug-likeness (QED) is 0.0709. The highest BCUT2D eigenvalue weighted by Crippen LogP contribution is 2.31. The van der Waals surface area contributed by atoms with Gasteiger partial charge in [0.15, 0.2) is 0 Å². The van der Waals surface area contributed by atoms with Crippen LogP contribution in [-0.2, 0) is 49.5 Å². The van der Waals surface area contributed by atoms with E-state index < -0.39 is 40.3 Å². The molecule has 0 aliphatic carbocycles. The van der Waals surface area contributed by atoms with Crippen LogP contribution < -0.4 is 21.3 Å². The highest BCUT2D eigenvalue weighted by Gasteiger charge is 2.46. The van der Waals surface area contributed by atoms with Crippen molar-refractivity contribution < 1.29 is 48.0 Å². The van der Waals surface area contributed by atoms with Crippen LogP contribution in [0, 0.1) is 0 Å². The summed E-state index contributed by atoms with van der Waals surface area (Å²) in [7, 11) is -12.6. The molecule has 374 valence electrons. The maximum Gasteiger partial charge on any atom is 0.501 e. The van der Waals surface area contributed by atoms with Gasteiger partial charge < -0.3 is 21.3 Å². The maximum atomic E-state index is 13.1. The van der Waals surface area contributed by atoms with E-state index in [4.69, 9.17) is 23.2 Å². The standard InChI is InChI=1S/C25H25ClF3N3O5S3.C20H26ClN3O3S2/c26-19-5-3-18(4-6-19)24(33)31-16-21-7-10-23(38-21)40(36,37)32-13-11-20(12-14-32)30-15-17-1-8-22(9-2-17)39(34,35)25(27,28)29;1-2-11-22-17-9-12-24(13-10-17)29(26,27)19-8-7-18(28-19)14-23-20(25)15-3-5-16(21)6-4-15/h1-10,20,30H,11-16H2,(H,31,33);3-8,17,22H,2,9-14H2,1H3,(H,23,25). The average molecular weight is 1090 g/mol. The summed E-state index contributed by atoms with van der Waals surface area (Å²) in [6, 6.07) is 24.5. The smallest absolute Gasteiger partial charge is 0.347 e. The number of amides is 2. The van der Waals surface area contributed by atoms with Crippen LogP contribution in [0.15, 0.2) is 110 Å². The van der Waals surface area contributed by atoms with E-state index in [1.165, 1.54) is 33.8 Å². The largest absolute Gasteiger partial charge is 0.501 e. The number of nitrogens with zero attached hydrogens (tertiary/aromatic N) is 2. The number of carbonyl (C=O) groups excluding carboxylic acids is 2. The van der Waals surface area contributed by atoms with Gasteiger partial charge in [-0.3, -0.25) is 9.59 Å². The van der Waals surface area contributed by atoms with E-state index in [0.717, 1.165) is 54.2 Å². The van der Waals surface area contributed by atoms with Crippen molar-refractivity contribution in [1.82, 2.24) is 29.9 Å². The maximum absolute atomic E-state index is 13.1. The molecule has 5 aromatic rings. The molecule has 2 fully saturated rings. The minimum atomic E-state index is -5.39. The third-order valence-electron chi connectivity index (χ3n) is 11.2. The Morgan fingerprint density at radius 2 is 1.00 bits per heavy atom. The van der Waals surface area contributed by atoms with Crippen LogP contribution in [0.4, 0.5) is 13.2 Å². The molecule has 0 spiro atoms. The van der Waals surface area contributed by atoms with Crippen molar-refractivity contribution in [2.75, 3.05) is 32.7 Å². The molecule has 7 rings (SSSR count). The Bertz CT molecular complexity index is 2850. The summed E-state index contributed by atoms with van der Waals surface area (Å²) < 4.78 is 117. The van der Waals surface area contributed by atoms with Crippen LogP contribution in [0.25, 0.3) is 0 Å². The molecule has 4 N–H and O–H groups in total. The van der Waals surface area contributed by atoms with E-state index in [2.05, 4.69) is 28.2 Å². The molecule has 0 saturated carbocycles. The molecule has 2 saturated heterocycles. The van der Waals surface area contributed by atoms with Gasteiger partial charge >= 0.3 is 5.51 Å². The van der Waals surface area contributed by atoms with Crippen LogP contribution >= 0.6 is 45.9 Å². The van der Waals surface area contributed by atoms with Crippen LogP contribution in [0.3, 0.4) is 0 Å². The normalized spacial score (nSPS) is 15.9. The number of nitrogens with one attached hydrogen (secondary N) is 4. The Labute approximate surface area is 418 Å². The van der Waals surface area contributed by atoms with Gasteiger partial charge in [0.2, 0.25) is 0 Å². The zero-order valence-electron chi connectivity index (χ0n) is 37.2.